The molecule has 4 aromatic carbocycles. The molecule has 0 aliphatic carbocycles. The Bertz CT molecular complexity index is 1490. The lowest BCUT2D eigenvalue weighted by atomic mass is 9.37. The normalized spacial score (nSPS) is 11.1. The Morgan fingerprint density at radius 3 is 1.08 bits per heavy atom. The van der Waals surface area contributed by atoms with Gasteiger partial charge in [0.05, 0.1) is 0 Å². The Morgan fingerprint density at radius 2 is 0.744 bits per heavy atom. The molecule has 1 aromatic heterocycles. The van der Waals surface area contributed by atoms with Crippen molar-refractivity contribution in [3.05, 3.63) is 129 Å². The van der Waals surface area contributed by atoms with Gasteiger partial charge < -0.3 is 0 Å². The third kappa shape index (κ3) is 5.30. The standard InChI is InChI=1S/C36H38B2S/c1-23-19-27(5)35(28(6)20-23)37(31-15-11-9-13-25(31)3)33-17-18-34(39-33)38(32-16-12-10-14-26(32)4)36-29(7)21-24(2)22-30(36)8/h9-22H,1-8H3. The van der Waals surface area contributed by atoms with Gasteiger partial charge in [-0.25, -0.2) is 0 Å². The molecule has 0 aliphatic heterocycles. The van der Waals surface area contributed by atoms with Crippen molar-refractivity contribution in [2.45, 2.75) is 55.4 Å². The minimum Gasteiger partial charge on any atom is -0.163 e. The Kier molecular flexibility index (Phi) is 7.74. The summed E-state index contributed by atoms with van der Waals surface area (Å²) in [6.07, 6.45) is 0. The van der Waals surface area contributed by atoms with Crippen LogP contribution < -0.4 is 31.4 Å². The lowest BCUT2D eigenvalue weighted by molar-refractivity contribution is 1.35. The highest BCUT2D eigenvalue weighted by atomic mass is 32.1. The van der Waals surface area contributed by atoms with Crippen molar-refractivity contribution in [3.8, 4) is 0 Å². The van der Waals surface area contributed by atoms with Crippen LogP contribution in [0.4, 0.5) is 0 Å². The van der Waals surface area contributed by atoms with Gasteiger partial charge in [-0.3, -0.25) is 0 Å². The number of thiophene rings is 1. The van der Waals surface area contributed by atoms with Gasteiger partial charge in [0.1, 0.15) is 0 Å². The van der Waals surface area contributed by atoms with Crippen LogP contribution in [0.2, 0.25) is 0 Å². The summed E-state index contributed by atoms with van der Waals surface area (Å²) in [5.74, 6) is 0. The number of hydrogen-bond acceptors (Lipinski definition) is 1. The molecule has 39 heavy (non-hydrogen) atoms. The van der Waals surface area contributed by atoms with Crippen LogP contribution in [0.5, 0.6) is 0 Å². The van der Waals surface area contributed by atoms with E-state index in [1.807, 2.05) is 11.3 Å². The zero-order chi connectivity index (χ0) is 27.8. The number of aryl methyl sites for hydroxylation is 8. The molecule has 0 fully saturated rings. The van der Waals surface area contributed by atoms with Crippen molar-refractivity contribution in [3.63, 3.8) is 0 Å². The van der Waals surface area contributed by atoms with Gasteiger partial charge in [0.25, 0.3) is 13.4 Å². The predicted molar refractivity (Wildman–Crippen MR) is 177 cm³/mol. The van der Waals surface area contributed by atoms with Gasteiger partial charge in [-0.05, 0) is 64.9 Å². The molecule has 0 saturated heterocycles. The van der Waals surface area contributed by atoms with E-state index in [1.54, 1.807) is 0 Å². The Balaban J connectivity index is 1.75. The summed E-state index contributed by atoms with van der Waals surface area (Å²) in [4.78, 5) is 0. The molecule has 0 saturated carbocycles. The van der Waals surface area contributed by atoms with Crippen LogP contribution in [0, 0.1) is 55.4 Å². The van der Waals surface area contributed by atoms with Crippen molar-refractivity contribution in [1.29, 1.82) is 0 Å². The van der Waals surface area contributed by atoms with E-state index in [9.17, 15) is 0 Å². The quantitative estimate of drug-likeness (QED) is 0.267. The van der Waals surface area contributed by atoms with Crippen LogP contribution in [0.25, 0.3) is 0 Å². The molecule has 0 unspecified atom stereocenters. The first-order valence-electron chi connectivity index (χ1n) is 14.0. The molecule has 0 spiro atoms. The number of rotatable bonds is 6. The maximum Gasteiger partial charge on any atom is 0.254 e. The SMILES string of the molecule is Cc1cc(C)c(B(c2ccc(B(c3ccccc3C)c3c(C)cc(C)cc3C)s2)c2ccccc2C)c(C)c1. The molecule has 194 valence electrons. The summed E-state index contributed by atoms with van der Waals surface area (Å²) in [5.41, 5.74) is 16.5. The Labute approximate surface area is 240 Å². The van der Waals surface area contributed by atoms with Gasteiger partial charge in [0.15, 0.2) is 0 Å². The van der Waals surface area contributed by atoms with E-state index >= 15 is 0 Å². The van der Waals surface area contributed by atoms with Gasteiger partial charge in [-0.1, -0.05) is 151 Å². The largest absolute Gasteiger partial charge is 0.254 e. The van der Waals surface area contributed by atoms with Crippen molar-refractivity contribution in [2.75, 3.05) is 0 Å². The molecular formula is C36H38B2S. The second kappa shape index (κ2) is 11.1. The fourth-order valence-electron chi connectivity index (χ4n) is 6.70. The highest BCUT2D eigenvalue weighted by Gasteiger charge is 2.32. The van der Waals surface area contributed by atoms with Crippen molar-refractivity contribution >= 4 is 56.2 Å². The van der Waals surface area contributed by atoms with Gasteiger partial charge >= 0.3 is 0 Å². The van der Waals surface area contributed by atoms with Gasteiger partial charge in [0.2, 0.25) is 0 Å². The van der Waals surface area contributed by atoms with E-state index in [4.69, 9.17) is 0 Å². The summed E-state index contributed by atoms with van der Waals surface area (Å²) in [6, 6.07) is 32.0. The monoisotopic (exact) mass is 524 g/mol. The zero-order valence-electron chi connectivity index (χ0n) is 24.6. The fourth-order valence-corrected chi connectivity index (χ4v) is 7.96. The molecule has 0 atom stereocenters. The highest BCUT2D eigenvalue weighted by Crippen LogP contribution is 2.14. The van der Waals surface area contributed by atoms with Gasteiger partial charge in [-0.2, -0.15) is 11.3 Å². The van der Waals surface area contributed by atoms with E-state index in [1.165, 1.54) is 75.9 Å². The summed E-state index contributed by atoms with van der Waals surface area (Å²) in [6.45, 7) is 18.5. The molecule has 5 aromatic rings. The van der Waals surface area contributed by atoms with Crippen LogP contribution in [0.15, 0.2) is 84.9 Å². The van der Waals surface area contributed by atoms with E-state index in [0.717, 1.165) is 0 Å². The smallest absolute Gasteiger partial charge is 0.163 e. The lowest BCUT2D eigenvalue weighted by Crippen LogP contribution is -2.55. The molecule has 0 N–H and O–H groups in total. The van der Waals surface area contributed by atoms with Crippen LogP contribution in [-0.4, -0.2) is 13.4 Å². The third-order valence-electron chi connectivity index (χ3n) is 8.27. The Morgan fingerprint density at radius 1 is 0.410 bits per heavy atom. The van der Waals surface area contributed by atoms with Crippen LogP contribution in [0.1, 0.15) is 44.5 Å². The maximum atomic E-state index is 2.40. The minimum absolute atomic E-state index is 0.211. The molecule has 3 heteroatoms. The second-order valence-electron chi connectivity index (χ2n) is 11.4. The molecule has 0 aliphatic rings. The summed E-state index contributed by atoms with van der Waals surface area (Å²) in [7, 11) is 0. The van der Waals surface area contributed by atoms with Crippen molar-refractivity contribution in [1.82, 2.24) is 0 Å². The summed E-state index contributed by atoms with van der Waals surface area (Å²) in [5, 5.41) is 0. The average Bonchev–Trinajstić information content (AvgIpc) is 3.34. The zero-order valence-corrected chi connectivity index (χ0v) is 25.5. The summed E-state index contributed by atoms with van der Waals surface area (Å²) < 4.78 is 2.82. The first-order chi connectivity index (χ1) is 18.7. The molecule has 0 bridgehead atoms. The third-order valence-corrected chi connectivity index (χ3v) is 9.48. The lowest BCUT2D eigenvalue weighted by Gasteiger charge is -2.22. The van der Waals surface area contributed by atoms with Crippen molar-refractivity contribution in [2.24, 2.45) is 0 Å². The molecular weight excluding hydrogens is 486 g/mol. The first-order valence-corrected chi connectivity index (χ1v) is 14.8. The number of hydrogen-bond donors (Lipinski definition) is 0. The Hall–Kier alpha value is -3.29. The van der Waals surface area contributed by atoms with Gasteiger partial charge in [0, 0.05) is 0 Å². The van der Waals surface area contributed by atoms with Gasteiger partial charge in [-0.15, -0.1) is 0 Å². The molecule has 0 nitrogen and oxygen atoms in total. The minimum atomic E-state index is 0.211. The van der Waals surface area contributed by atoms with Crippen LogP contribution in [0.3, 0.4) is 0 Å². The fraction of sp³-hybridized carbons (Fsp3) is 0.222. The van der Waals surface area contributed by atoms with E-state index < -0.39 is 0 Å². The van der Waals surface area contributed by atoms with Crippen molar-refractivity contribution < 1.29 is 0 Å². The second-order valence-corrected chi connectivity index (χ2v) is 12.6. The maximum absolute atomic E-state index is 2.40. The predicted octanol–water partition coefficient (Wildman–Crippen LogP) is 5.25. The van der Waals surface area contributed by atoms with Crippen LogP contribution in [-0.2, 0) is 0 Å². The molecule has 5 rings (SSSR count). The van der Waals surface area contributed by atoms with Crippen LogP contribution >= 0.6 is 11.3 Å². The van der Waals surface area contributed by atoms with E-state index in [0.29, 0.717) is 0 Å². The van der Waals surface area contributed by atoms with E-state index in [2.05, 4.69) is 140 Å². The first kappa shape index (κ1) is 27.3. The topological polar surface area (TPSA) is 0 Å². The molecule has 1 heterocycles. The number of benzene rings is 4. The average molecular weight is 524 g/mol. The molecule has 0 amide bonds. The molecule has 0 radical (unpaired) electrons. The summed E-state index contributed by atoms with van der Waals surface area (Å²) >= 11 is 1.99. The highest BCUT2D eigenvalue weighted by molar-refractivity contribution is 7.36. The van der Waals surface area contributed by atoms with E-state index in [-0.39, 0.29) is 13.4 Å².